The Morgan fingerprint density at radius 3 is 2.47 bits per heavy atom. The molecule has 1 fully saturated rings. The topological polar surface area (TPSA) is 52.6 Å². The maximum absolute atomic E-state index is 11.6. The number of carbonyl (C=O) groups excluding carboxylic acids is 2. The Morgan fingerprint density at radius 1 is 1.40 bits per heavy atom. The molecule has 0 aliphatic carbocycles. The molecular weight excluding hydrogens is 196 g/mol. The lowest BCUT2D eigenvalue weighted by atomic mass is 9.98. The summed E-state index contributed by atoms with van der Waals surface area (Å²) in [5, 5.41) is 0. The van der Waals surface area contributed by atoms with E-state index in [2.05, 4.69) is 0 Å². The molecule has 4 nitrogen and oxygen atoms in total. The van der Waals surface area contributed by atoms with Gasteiger partial charge in [0.1, 0.15) is 5.60 Å². The van der Waals surface area contributed by atoms with Crippen LogP contribution in [0.2, 0.25) is 0 Å². The van der Waals surface area contributed by atoms with E-state index in [1.165, 1.54) is 0 Å². The number of hydrogen-bond donors (Lipinski definition) is 0. The van der Waals surface area contributed by atoms with Crippen molar-refractivity contribution < 1.29 is 19.1 Å². The lowest BCUT2D eigenvalue weighted by molar-refractivity contribution is -0.176. The van der Waals surface area contributed by atoms with Gasteiger partial charge in [-0.3, -0.25) is 9.59 Å². The fraction of sp³-hybridized carbons (Fsp3) is 0.818. The highest BCUT2D eigenvalue weighted by Crippen LogP contribution is 2.23. The fourth-order valence-electron chi connectivity index (χ4n) is 1.45. The predicted octanol–water partition coefficient (Wildman–Crippen LogP) is 1.67. The predicted molar refractivity (Wildman–Crippen MR) is 54.1 cm³/mol. The standard InChI is InChI=1S/C11H18O4/c1-7-5-6-8(9(12)14-7)10(13)15-11(2,3)4/h7-8H,5-6H2,1-4H3. The maximum Gasteiger partial charge on any atom is 0.320 e. The van der Waals surface area contributed by atoms with Gasteiger partial charge in [-0.2, -0.15) is 0 Å². The van der Waals surface area contributed by atoms with Crippen LogP contribution >= 0.6 is 0 Å². The summed E-state index contributed by atoms with van der Waals surface area (Å²) in [6.45, 7) is 7.16. The summed E-state index contributed by atoms with van der Waals surface area (Å²) in [6.07, 6.45) is 1.15. The Balaban J connectivity index is 2.57. The van der Waals surface area contributed by atoms with Crippen molar-refractivity contribution in [1.29, 1.82) is 0 Å². The van der Waals surface area contributed by atoms with E-state index in [0.717, 1.165) is 6.42 Å². The third-order valence-electron chi connectivity index (χ3n) is 2.16. The van der Waals surface area contributed by atoms with Gasteiger partial charge in [0.05, 0.1) is 6.10 Å². The molecule has 0 amide bonds. The molecule has 0 spiro atoms. The summed E-state index contributed by atoms with van der Waals surface area (Å²) >= 11 is 0. The first kappa shape index (κ1) is 12.0. The summed E-state index contributed by atoms with van der Waals surface area (Å²) in [5.41, 5.74) is -0.555. The number of ether oxygens (including phenoxy) is 2. The minimum absolute atomic E-state index is 0.0869. The first-order valence-electron chi connectivity index (χ1n) is 5.23. The van der Waals surface area contributed by atoms with Crippen LogP contribution < -0.4 is 0 Å². The molecule has 1 heterocycles. The van der Waals surface area contributed by atoms with E-state index < -0.39 is 23.5 Å². The molecule has 1 saturated heterocycles. The third-order valence-corrected chi connectivity index (χ3v) is 2.16. The van der Waals surface area contributed by atoms with Gasteiger partial charge in [-0.05, 0) is 40.5 Å². The van der Waals surface area contributed by atoms with Crippen molar-refractivity contribution in [2.75, 3.05) is 0 Å². The number of hydrogen-bond acceptors (Lipinski definition) is 4. The van der Waals surface area contributed by atoms with E-state index in [1.807, 2.05) is 6.92 Å². The van der Waals surface area contributed by atoms with Crippen molar-refractivity contribution in [2.45, 2.75) is 52.2 Å². The lowest BCUT2D eigenvalue weighted by Crippen LogP contribution is -2.38. The monoisotopic (exact) mass is 214 g/mol. The second-order valence-electron chi connectivity index (χ2n) is 4.91. The average molecular weight is 214 g/mol. The van der Waals surface area contributed by atoms with Crippen molar-refractivity contribution in [3.05, 3.63) is 0 Å². The Morgan fingerprint density at radius 2 is 2.00 bits per heavy atom. The second-order valence-corrected chi connectivity index (χ2v) is 4.91. The molecule has 2 unspecified atom stereocenters. The normalized spacial score (nSPS) is 27.1. The van der Waals surface area contributed by atoms with Gasteiger partial charge in [-0.25, -0.2) is 0 Å². The maximum atomic E-state index is 11.6. The zero-order valence-corrected chi connectivity index (χ0v) is 9.70. The summed E-state index contributed by atoms with van der Waals surface area (Å²) in [6, 6.07) is 0. The van der Waals surface area contributed by atoms with Crippen LogP contribution in [0.3, 0.4) is 0 Å². The molecule has 15 heavy (non-hydrogen) atoms. The molecule has 0 radical (unpaired) electrons. The van der Waals surface area contributed by atoms with Crippen LogP contribution in [0.4, 0.5) is 0 Å². The van der Waals surface area contributed by atoms with Crippen LogP contribution in [0.25, 0.3) is 0 Å². The summed E-state index contributed by atoms with van der Waals surface area (Å²) < 4.78 is 10.1. The molecule has 0 bridgehead atoms. The van der Waals surface area contributed by atoms with Crippen molar-refractivity contribution >= 4 is 11.9 Å². The van der Waals surface area contributed by atoms with Crippen molar-refractivity contribution in [3.63, 3.8) is 0 Å². The van der Waals surface area contributed by atoms with Gasteiger partial charge < -0.3 is 9.47 Å². The smallest absolute Gasteiger partial charge is 0.320 e. The van der Waals surface area contributed by atoms with E-state index in [4.69, 9.17) is 9.47 Å². The first-order valence-corrected chi connectivity index (χ1v) is 5.23. The highest BCUT2D eigenvalue weighted by molar-refractivity contribution is 5.95. The zero-order chi connectivity index (χ0) is 11.6. The minimum atomic E-state index is -0.736. The van der Waals surface area contributed by atoms with Crippen LogP contribution in [-0.2, 0) is 19.1 Å². The zero-order valence-electron chi connectivity index (χ0n) is 9.70. The Kier molecular flexibility index (Phi) is 3.37. The molecule has 0 aromatic heterocycles. The van der Waals surface area contributed by atoms with Gasteiger partial charge in [0.15, 0.2) is 5.92 Å². The van der Waals surface area contributed by atoms with Crippen LogP contribution in [0.1, 0.15) is 40.5 Å². The highest BCUT2D eigenvalue weighted by atomic mass is 16.6. The highest BCUT2D eigenvalue weighted by Gasteiger charge is 2.36. The minimum Gasteiger partial charge on any atom is -0.462 e. The Bertz CT molecular complexity index is 264. The van der Waals surface area contributed by atoms with Crippen molar-refractivity contribution in [3.8, 4) is 0 Å². The molecule has 86 valence electrons. The van der Waals surface area contributed by atoms with E-state index in [0.29, 0.717) is 6.42 Å². The molecule has 0 saturated carbocycles. The van der Waals surface area contributed by atoms with Gasteiger partial charge in [0.25, 0.3) is 0 Å². The van der Waals surface area contributed by atoms with Crippen LogP contribution in [0, 0.1) is 5.92 Å². The molecule has 4 heteroatoms. The number of esters is 2. The molecule has 1 aliphatic heterocycles. The average Bonchev–Trinajstić information content (AvgIpc) is 1.99. The second kappa shape index (κ2) is 4.21. The quantitative estimate of drug-likeness (QED) is 0.492. The SMILES string of the molecule is CC1CCC(C(=O)OC(C)(C)C)C(=O)O1. The number of carbonyl (C=O) groups is 2. The summed E-state index contributed by atoms with van der Waals surface area (Å²) in [5.74, 6) is -1.66. The van der Waals surface area contributed by atoms with E-state index >= 15 is 0 Å². The van der Waals surface area contributed by atoms with Gasteiger partial charge in [0.2, 0.25) is 0 Å². The number of rotatable bonds is 1. The Hall–Kier alpha value is -1.06. The van der Waals surface area contributed by atoms with Crippen molar-refractivity contribution in [1.82, 2.24) is 0 Å². The Labute approximate surface area is 89.9 Å². The van der Waals surface area contributed by atoms with Gasteiger partial charge in [-0.1, -0.05) is 0 Å². The van der Waals surface area contributed by atoms with Crippen LogP contribution in [0.5, 0.6) is 0 Å². The molecule has 1 aliphatic rings. The molecule has 0 aromatic rings. The lowest BCUT2D eigenvalue weighted by Gasteiger charge is -2.27. The van der Waals surface area contributed by atoms with Crippen LogP contribution in [-0.4, -0.2) is 23.6 Å². The molecule has 0 N–H and O–H groups in total. The largest absolute Gasteiger partial charge is 0.462 e. The van der Waals surface area contributed by atoms with Gasteiger partial charge >= 0.3 is 11.9 Å². The summed E-state index contributed by atoms with van der Waals surface area (Å²) in [4.78, 5) is 23.0. The third kappa shape index (κ3) is 3.53. The fourth-order valence-corrected chi connectivity index (χ4v) is 1.45. The van der Waals surface area contributed by atoms with Crippen LogP contribution in [0.15, 0.2) is 0 Å². The molecule has 0 aromatic carbocycles. The summed E-state index contributed by atoms with van der Waals surface area (Å²) in [7, 11) is 0. The van der Waals surface area contributed by atoms with Gasteiger partial charge in [-0.15, -0.1) is 0 Å². The number of cyclic esters (lactones) is 1. The van der Waals surface area contributed by atoms with E-state index in [9.17, 15) is 9.59 Å². The van der Waals surface area contributed by atoms with Crippen molar-refractivity contribution in [2.24, 2.45) is 5.92 Å². The molecule has 2 atom stereocenters. The molecular formula is C11H18O4. The van der Waals surface area contributed by atoms with E-state index in [-0.39, 0.29) is 6.10 Å². The van der Waals surface area contributed by atoms with Gasteiger partial charge in [0, 0.05) is 0 Å². The molecule has 1 rings (SSSR count). The van der Waals surface area contributed by atoms with E-state index in [1.54, 1.807) is 20.8 Å². The first-order chi connectivity index (χ1) is 6.79.